The molecule has 2 aromatic rings. The zero-order valence-electron chi connectivity index (χ0n) is 11.6. The summed E-state index contributed by atoms with van der Waals surface area (Å²) in [5.41, 5.74) is 10.7. The van der Waals surface area contributed by atoms with E-state index in [9.17, 15) is 0 Å². The molecular weight excluding hydrogens is 222 g/mol. The van der Waals surface area contributed by atoms with Crippen molar-refractivity contribution in [2.45, 2.75) is 33.1 Å². The van der Waals surface area contributed by atoms with Crippen molar-refractivity contribution in [2.24, 2.45) is 7.05 Å². The Morgan fingerprint density at radius 1 is 1.22 bits per heavy atom. The van der Waals surface area contributed by atoms with Crippen LogP contribution in [0.15, 0.2) is 24.3 Å². The summed E-state index contributed by atoms with van der Waals surface area (Å²) in [6.45, 7) is 6.47. The van der Waals surface area contributed by atoms with Gasteiger partial charge in [-0.25, -0.2) is 4.98 Å². The van der Waals surface area contributed by atoms with Crippen molar-refractivity contribution in [3.63, 3.8) is 0 Å². The molecular formula is C15H21N3. The largest absolute Gasteiger partial charge is 0.369 e. The Morgan fingerprint density at radius 2 is 1.83 bits per heavy atom. The second-order valence-corrected chi connectivity index (χ2v) is 5.13. The minimum Gasteiger partial charge on any atom is -0.369 e. The van der Waals surface area contributed by atoms with Crippen molar-refractivity contribution in [2.75, 3.05) is 5.73 Å². The number of aromatic nitrogens is 2. The van der Waals surface area contributed by atoms with Crippen molar-refractivity contribution >= 4 is 5.95 Å². The van der Waals surface area contributed by atoms with Gasteiger partial charge in [0.2, 0.25) is 0 Å². The Kier molecular flexibility index (Phi) is 3.41. The molecule has 1 aromatic heterocycles. The van der Waals surface area contributed by atoms with Crippen LogP contribution < -0.4 is 5.73 Å². The first-order valence-corrected chi connectivity index (χ1v) is 6.35. The summed E-state index contributed by atoms with van der Waals surface area (Å²) in [7, 11) is 1.95. The van der Waals surface area contributed by atoms with Crippen molar-refractivity contribution in [1.29, 1.82) is 0 Å². The molecule has 2 N–H and O–H groups in total. The van der Waals surface area contributed by atoms with Crippen molar-refractivity contribution in [3.8, 4) is 0 Å². The number of hydrogen-bond donors (Lipinski definition) is 1. The van der Waals surface area contributed by atoms with E-state index in [-0.39, 0.29) is 0 Å². The van der Waals surface area contributed by atoms with E-state index >= 15 is 0 Å². The molecule has 0 saturated carbocycles. The highest BCUT2D eigenvalue weighted by atomic mass is 15.1. The van der Waals surface area contributed by atoms with E-state index in [1.54, 1.807) is 0 Å². The van der Waals surface area contributed by atoms with Gasteiger partial charge in [0.05, 0.1) is 5.69 Å². The molecule has 3 nitrogen and oxygen atoms in total. The zero-order chi connectivity index (χ0) is 13.3. The lowest BCUT2D eigenvalue weighted by Gasteiger charge is -2.06. The van der Waals surface area contributed by atoms with Crippen LogP contribution in [-0.4, -0.2) is 9.55 Å². The highest BCUT2D eigenvalue weighted by Crippen LogP contribution is 2.18. The zero-order valence-corrected chi connectivity index (χ0v) is 11.6. The Hall–Kier alpha value is -1.77. The summed E-state index contributed by atoms with van der Waals surface area (Å²) >= 11 is 0. The van der Waals surface area contributed by atoms with Gasteiger partial charge in [-0.05, 0) is 24.0 Å². The summed E-state index contributed by atoms with van der Waals surface area (Å²) < 4.78 is 1.93. The molecule has 0 saturated heterocycles. The second kappa shape index (κ2) is 4.84. The molecule has 18 heavy (non-hydrogen) atoms. The van der Waals surface area contributed by atoms with Gasteiger partial charge in [0.25, 0.3) is 0 Å². The predicted molar refractivity (Wildman–Crippen MR) is 75.7 cm³/mol. The molecule has 0 aliphatic heterocycles. The molecule has 0 amide bonds. The summed E-state index contributed by atoms with van der Waals surface area (Å²) in [4.78, 5) is 4.40. The van der Waals surface area contributed by atoms with Gasteiger partial charge in [-0.2, -0.15) is 0 Å². The van der Waals surface area contributed by atoms with E-state index in [1.807, 2.05) is 11.6 Å². The van der Waals surface area contributed by atoms with Crippen molar-refractivity contribution in [3.05, 3.63) is 46.8 Å². The smallest absolute Gasteiger partial charge is 0.200 e. The molecule has 1 heterocycles. The van der Waals surface area contributed by atoms with Crippen LogP contribution in [0, 0.1) is 6.92 Å². The van der Waals surface area contributed by atoms with Crippen LogP contribution in [0.3, 0.4) is 0 Å². The number of nitrogen functional groups attached to an aromatic ring is 1. The third-order valence-electron chi connectivity index (χ3n) is 3.53. The number of nitrogens with zero attached hydrogens (tertiary/aromatic N) is 2. The highest BCUT2D eigenvalue weighted by Gasteiger charge is 2.09. The average molecular weight is 243 g/mol. The molecule has 3 heteroatoms. The Morgan fingerprint density at radius 3 is 2.28 bits per heavy atom. The van der Waals surface area contributed by atoms with E-state index in [2.05, 4.69) is 50.0 Å². The maximum absolute atomic E-state index is 5.81. The van der Waals surface area contributed by atoms with Crippen LogP contribution in [0.4, 0.5) is 5.95 Å². The van der Waals surface area contributed by atoms with E-state index < -0.39 is 0 Å². The maximum Gasteiger partial charge on any atom is 0.200 e. The molecule has 0 aliphatic rings. The van der Waals surface area contributed by atoms with E-state index in [0.29, 0.717) is 11.9 Å². The molecule has 1 aromatic carbocycles. The monoisotopic (exact) mass is 243 g/mol. The van der Waals surface area contributed by atoms with E-state index in [4.69, 9.17) is 5.73 Å². The number of anilines is 1. The summed E-state index contributed by atoms with van der Waals surface area (Å²) in [6.07, 6.45) is 0.843. The highest BCUT2D eigenvalue weighted by molar-refractivity contribution is 5.33. The van der Waals surface area contributed by atoms with Gasteiger partial charge in [-0.3, -0.25) is 0 Å². The van der Waals surface area contributed by atoms with Gasteiger partial charge < -0.3 is 10.3 Å². The van der Waals surface area contributed by atoms with Gasteiger partial charge in [-0.1, -0.05) is 38.1 Å². The standard InChI is InChI=1S/C15H21N3/c1-10(2)13-7-5-12(6-8-13)9-14-11(3)18(4)15(16)17-14/h5-8,10H,9H2,1-4H3,(H2,16,17). The number of nitrogens with two attached hydrogens (primary N) is 1. The van der Waals surface area contributed by atoms with Crippen LogP contribution in [0.5, 0.6) is 0 Å². The SMILES string of the molecule is Cc1c(Cc2ccc(C(C)C)cc2)nc(N)n1C. The molecule has 0 aliphatic carbocycles. The summed E-state index contributed by atoms with van der Waals surface area (Å²) in [6, 6.07) is 8.75. The van der Waals surface area contributed by atoms with Crippen LogP contribution in [0.25, 0.3) is 0 Å². The topological polar surface area (TPSA) is 43.8 Å². The summed E-state index contributed by atoms with van der Waals surface area (Å²) in [5.74, 6) is 1.16. The summed E-state index contributed by atoms with van der Waals surface area (Å²) in [5, 5.41) is 0. The van der Waals surface area contributed by atoms with E-state index in [0.717, 1.165) is 17.8 Å². The number of benzene rings is 1. The first kappa shape index (κ1) is 12.7. The van der Waals surface area contributed by atoms with Crippen LogP contribution in [-0.2, 0) is 13.5 Å². The van der Waals surface area contributed by atoms with Gasteiger partial charge in [-0.15, -0.1) is 0 Å². The van der Waals surface area contributed by atoms with Crippen LogP contribution in [0.2, 0.25) is 0 Å². The van der Waals surface area contributed by atoms with Gasteiger partial charge in [0.15, 0.2) is 5.95 Å². The van der Waals surface area contributed by atoms with Gasteiger partial charge in [0, 0.05) is 19.2 Å². The molecule has 0 unspecified atom stereocenters. The predicted octanol–water partition coefficient (Wildman–Crippen LogP) is 3.02. The van der Waals surface area contributed by atoms with Crippen LogP contribution >= 0.6 is 0 Å². The van der Waals surface area contributed by atoms with Gasteiger partial charge >= 0.3 is 0 Å². The minimum absolute atomic E-state index is 0.575. The lowest BCUT2D eigenvalue weighted by atomic mass is 10.00. The Labute approximate surface area is 109 Å². The lowest BCUT2D eigenvalue weighted by molar-refractivity contribution is 0.864. The fourth-order valence-electron chi connectivity index (χ4n) is 2.04. The van der Waals surface area contributed by atoms with Crippen LogP contribution in [0.1, 0.15) is 42.3 Å². The second-order valence-electron chi connectivity index (χ2n) is 5.13. The minimum atomic E-state index is 0.575. The first-order valence-electron chi connectivity index (χ1n) is 6.35. The van der Waals surface area contributed by atoms with E-state index in [1.165, 1.54) is 11.1 Å². The molecule has 0 atom stereocenters. The lowest BCUT2D eigenvalue weighted by Crippen LogP contribution is -1.98. The third-order valence-corrected chi connectivity index (χ3v) is 3.53. The molecule has 2 rings (SSSR count). The number of hydrogen-bond acceptors (Lipinski definition) is 2. The molecule has 0 radical (unpaired) electrons. The Bertz CT molecular complexity index is 536. The average Bonchev–Trinajstić information content (AvgIpc) is 2.58. The maximum atomic E-state index is 5.81. The fraction of sp³-hybridized carbons (Fsp3) is 0.400. The number of imidazole rings is 1. The Balaban J connectivity index is 2.21. The number of rotatable bonds is 3. The third kappa shape index (κ3) is 2.40. The first-order chi connectivity index (χ1) is 8.49. The van der Waals surface area contributed by atoms with Crippen molar-refractivity contribution in [1.82, 2.24) is 9.55 Å². The fourth-order valence-corrected chi connectivity index (χ4v) is 2.04. The van der Waals surface area contributed by atoms with Crippen molar-refractivity contribution < 1.29 is 0 Å². The van der Waals surface area contributed by atoms with Gasteiger partial charge in [0.1, 0.15) is 0 Å². The normalized spacial score (nSPS) is 11.2. The molecule has 96 valence electrons. The quantitative estimate of drug-likeness (QED) is 0.900. The molecule has 0 fully saturated rings. The molecule has 0 spiro atoms. The molecule has 0 bridgehead atoms.